The van der Waals surface area contributed by atoms with Crippen LogP contribution >= 0.6 is 0 Å². The van der Waals surface area contributed by atoms with Gasteiger partial charge >= 0.3 is 17.9 Å². The summed E-state index contributed by atoms with van der Waals surface area (Å²) in [7, 11) is 0. The minimum absolute atomic E-state index is 0.0686. The van der Waals surface area contributed by atoms with Crippen LogP contribution in [0.5, 0.6) is 0 Å². The third-order valence-electron chi connectivity index (χ3n) is 14.9. The molecule has 0 aliphatic rings. The molecule has 0 aromatic rings. The zero-order valence-corrected chi connectivity index (χ0v) is 49.9. The van der Waals surface area contributed by atoms with Gasteiger partial charge in [0.05, 0.1) is 0 Å². The molecule has 0 spiro atoms. The van der Waals surface area contributed by atoms with Gasteiger partial charge in [0.2, 0.25) is 0 Å². The molecule has 6 nitrogen and oxygen atoms in total. The van der Waals surface area contributed by atoms with Gasteiger partial charge in [-0.05, 0) is 77.0 Å². The first-order valence-electron chi connectivity index (χ1n) is 33.0. The number of hydrogen-bond acceptors (Lipinski definition) is 6. The van der Waals surface area contributed by atoms with E-state index in [0.717, 1.165) is 64.2 Å². The molecule has 0 bridgehead atoms. The molecule has 0 fully saturated rings. The van der Waals surface area contributed by atoms with E-state index in [2.05, 4.69) is 57.2 Å². The van der Waals surface area contributed by atoms with Crippen LogP contribution in [0.2, 0.25) is 0 Å². The van der Waals surface area contributed by atoms with Gasteiger partial charge in [0.1, 0.15) is 13.2 Å². The molecule has 1 unspecified atom stereocenters. The summed E-state index contributed by atoms with van der Waals surface area (Å²) in [6, 6.07) is 0. The fourth-order valence-electron chi connectivity index (χ4n) is 9.88. The number of carbonyl (C=O) groups is 3. The molecular formula is C68H126O6. The van der Waals surface area contributed by atoms with Crippen molar-refractivity contribution >= 4 is 17.9 Å². The van der Waals surface area contributed by atoms with Crippen molar-refractivity contribution in [1.82, 2.24) is 0 Å². The Morgan fingerprint density at radius 1 is 0.270 bits per heavy atom. The summed E-state index contributed by atoms with van der Waals surface area (Å²) in [6.07, 6.45) is 77.3. The maximum absolute atomic E-state index is 12.9. The molecule has 0 amide bonds. The molecule has 0 heterocycles. The molecule has 74 heavy (non-hydrogen) atoms. The molecule has 0 aromatic carbocycles. The Hall–Kier alpha value is -2.37. The Morgan fingerprint density at radius 2 is 0.486 bits per heavy atom. The summed E-state index contributed by atoms with van der Waals surface area (Å²) in [5.41, 5.74) is 0. The molecule has 0 aliphatic heterocycles. The minimum atomic E-state index is -0.770. The lowest BCUT2D eigenvalue weighted by atomic mass is 10.0. The first kappa shape index (κ1) is 71.6. The summed E-state index contributed by atoms with van der Waals surface area (Å²) >= 11 is 0. The zero-order valence-electron chi connectivity index (χ0n) is 49.9. The van der Waals surface area contributed by atoms with Gasteiger partial charge in [-0.15, -0.1) is 0 Å². The largest absolute Gasteiger partial charge is 0.462 e. The summed E-state index contributed by atoms with van der Waals surface area (Å²) in [6.45, 7) is 6.67. The van der Waals surface area contributed by atoms with E-state index in [-0.39, 0.29) is 31.1 Å². The standard InChI is InChI=1S/C68H126O6/c1-4-7-10-13-16-19-22-24-26-28-30-32-33-34-35-37-38-40-42-44-46-49-52-55-58-61-67(70)73-64-65(63-72-66(69)60-57-54-51-48-21-18-15-12-9-6-3)74-68(71)62-59-56-53-50-47-45-43-41-39-36-31-29-27-25-23-20-17-14-11-8-5-2/h22,24,28-31,65H,4-21,23,25-27,32-64H2,1-3H3/b24-22-,30-28-,31-29-. The summed E-state index contributed by atoms with van der Waals surface area (Å²) in [4.78, 5) is 38.2. The summed E-state index contributed by atoms with van der Waals surface area (Å²) in [5.74, 6) is -0.850. The van der Waals surface area contributed by atoms with Gasteiger partial charge in [-0.3, -0.25) is 14.4 Å². The van der Waals surface area contributed by atoms with Crippen LogP contribution in [-0.2, 0) is 28.6 Å². The van der Waals surface area contributed by atoms with E-state index in [4.69, 9.17) is 14.2 Å². The number of carbonyl (C=O) groups excluding carboxylic acids is 3. The molecule has 0 saturated carbocycles. The molecule has 1 atom stereocenters. The van der Waals surface area contributed by atoms with E-state index in [1.165, 1.54) is 257 Å². The third-order valence-corrected chi connectivity index (χ3v) is 14.9. The van der Waals surface area contributed by atoms with E-state index in [1.54, 1.807) is 0 Å². The Kier molecular flexibility index (Phi) is 61.1. The minimum Gasteiger partial charge on any atom is -0.462 e. The highest BCUT2D eigenvalue weighted by Crippen LogP contribution is 2.17. The van der Waals surface area contributed by atoms with Crippen molar-refractivity contribution in [2.24, 2.45) is 0 Å². The fraction of sp³-hybridized carbons (Fsp3) is 0.868. The van der Waals surface area contributed by atoms with Crippen molar-refractivity contribution in [3.8, 4) is 0 Å². The van der Waals surface area contributed by atoms with Crippen molar-refractivity contribution in [3.63, 3.8) is 0 Å². The number of esters is 3. The molecule has 0 saturated heterocycles. The highest BCUT2D eigenvalue weighted by molar-refractivity contribution is 5.71. The predicted molar refractivity (Wildman–Crippen MR) is 321 cm³/mol. The molecule has 0 aliphatic carbocycles. The van der Waals surface area contributed by atoms with Crippen molar-refractivity contribution in [3.05, 3.63) is 36.5 Å². The lowest BCUT2D eigenvalue weighted by Crippen LogP contribution is -2.30. The second-order valence-corrected chi connectivity index (χ2v) is 22.4. The first-order valence-corrected chi connectivity index (χ1v) is 33.0. The van der Waals surface area contributed by atoms with Crippen LogP contribution < -0.4 is 0 Å². The Bertz CT molecular complexity index is 1240. The highest BCUT2D eigenvalue weighted by Gasteiger charge is 2.19. The van der Waals surface area contributed by atoms with E-state index < -0.39 is 6.10 Å². The number of hydrogen-bond donors (Lipinski definition) is 0. The average molecular weight is 1040 g/mol. The van der Waals surface area contributed by atoms with Crippen LogP contribution in [0, 0.1) is 0 Å². The van der Waals surface area contributed by atoms with Gasteiger partial charge in [0.25, 0.3) is 0 Å². The van der Waals surface area contributed by atoms with Crippen LogP contribution in [0.3, 0.4) is 0 Å². The number of ether oxygens (including phenoxy) is 3. The number of unbranched alkanes of at least 4 members (excludes halogenated alkanes) is 44. The third kappa shape index (κ3) is 60.5. The quantitative estimate of drug-likeness (QED) is 0.0261. The average Bonchev–Trinajstić information content (AvgIpc) is 3.40. The van der Waals surface area contributed by atoms with Crippen molar-refractivity contribution < 1.29 is 28.6 Å². The van der Waals surface area contributed by atoms with Crippen LogP contribution in [0.15, 0.2) is 36.5 Å². The van der Waals surface area contributed by atoms with Crippen molar-refractivity contribution in [2.75, 3.05) is 13.2 Å². The molecule has 0 aromatic heterocycles. The second-order valence-electron chi connectivity index (χ2n) is 22.4. The first-order chi connectivity index (χ1) is 36.5. The molecular weight excluding hydrogens is 913 g/mol. The molecule has 0 radical (unpaired) electrons. The van der Waals surface area contributed by atoms with E-state index in [0.29, 0.717) is 19.3 Å². The van der Waals surface area contributed by atoms with Gasteiger partial charge in [-0.2, -0.15) is 0 Å². The van der Waals surface area contributed by atoms with Crippen molar-refractivity contribution in [2.45, 2.75) is 367 Å². The summed E-state index contributed by atoms with van der Waals surface area (Å²) < 4.78 is 16.9. The van der Waals surface area contributed by atoms with Gasteiger partial charge in [-0.1, -0.05) is 301 Å². The van der Waals surface area contributed by atoms with Crippen LogP contribution in [0.4, 0.5) is 0 Å². The monoisotopic (exact) mass is 1040 g/mol. The van der Waals surface area contributed by atoms with Gasteiger partial charge in [-0.25, -0.2) is 0 Å². The van der Waals surface area contributed by atoms with Gasteiger partial charge in [0.15, 0.2) is 6.10 Å². The van der Waals surface area contributed by atoms with E-state index in [9.17, 15) is 14.4 Å². The van der Waals surface area contributed by atoms with Crippen molar-refractivity contribution in [1.29, 1.82) is 0 Å². The van der Waals surface area contributed by atoms with Gasteiger partial charge < -0.3 is 14.2 Å². The van der Waals surface area contributed by atoms with Crippen LogP contribution in [0.1, 0.15) is 361 Å². The van der Waals surface area contributed by atoms with E-state index >= 15 is 0 Å². The fourth-order valence-corrected chi connectivity index (χ4v) is 9.88. The van der Waals surface area contributed by atoms with Gasteiger partial charge in [0, 0.05) is 19.3 Å². The Labute approximate surface area is 461 Å². The molecule has 6 heteroatoms. The predicted octanol–water partition coefficient (Wildman–Crippen LogP) is 22.4. The second kappa shape index (κ2) is 63.2. The Balaban J connectivity index is 4.19. The van der Waals surface area contributed by atoms with Crippen LogP contribution in [-0.4, -0.2) is 37.2 Å². The van der Waals surface area contributed by atoms with E-state index in [1.807, 2.05) is 0 Å². The number of allylic oxidation sites excluding steroid dienone is 6. The normalized spacial score (nSPS) is 12.2. The molecule has 0 rings (SSSR count). The zero-order chi connectivity index (χ0) is 53.6. The maximum Gasteiger partial charge on any atom is 0.306 e. The summed E-state index contributed by atoms with van der Waals surface area (Å²) in [5, 5.41) is 0. The van der Waals surface area contributed by atoms with Crippen LogP contribution in [0.25, 0.3) is 0 Å². The highest BCUT2D eigenvalue weighted by atomic mass is 16.6. The number of rotatable bonds is 61. The lowest BCUT2D eigenvalue weighted by molar-refractivity contribution is -0.167. The lowest BCUT2D eigenvalue weighted by Gasteiger charge is -2.18. The topological polar surface area (TPSA) is 78.9 Å². The molecule has 0 N–H and O–H groups in total. The molecule has 434 valence electrons. The Morgan fingerprint density at radius 3 is 0.757 bits per heavy atom. The smallest absolute Gasteiger partial charge is 0.306 e. The maximum atomic E-state index is 12.9. The SMILES string of the molecule is CCCCCCC/C=C\C/C=C\CCCCCCCCCCCCCCCC(=O)OCC(COC(=O)CCCCCCCCCCCC)OC(=O)CCCCCCCCCCC/C=C\CCCCCCCCCC.